The van der Waals surface area contributed by atoms with Crippen molar-refractivity contribution in [2.45, 2.75) is 51.6 Å². The second-order valence-corrected chi connectivity index (χ2v) is 8.60. The zero-order chi connectivity index (χ0) is 15.7. The fourth-order valence-corrected chi connectivity index (χ4v) is 3.56. The Hall–Kier alpha value is -0.415. The van der Waals surface area contributed by atoms with E-state index in [1.807, 2.05) is 6.07 Å². The van der Waals surface area contributed by atoms with Gasteiger partial charge in [-0.05, 0) is 56.2 Å². The number of nitrogens with zero attached hydrogens (tertiary/aromatic N) is 1. The minimum Gasteiger partial charge on any atom is -0.399 e. The van der Waals surface area contributed by atoms with E-state index in [9.17, 15) is 4.91 Å². The van der Waals surface area contributed by atoms with Crippen molar-refractivity contribution in [3.63, 3.8) is 0 Å². The Morgan fingerprint density at radius 2 is 1.86 bits per heavy atom. The predicted octanol–water partition coefficient (Wildman–Crippen LogP) is 3.80. The molecule has 1 saturated heterocycles. The molecule has 0 amide bonds. The third-order valence-electron chi connectivity index (χ3n) is 4.22. The van der Waals surface area contributed by atoms with Gasteiger partial charge in [-0.25, -0.2) is 0 Å². The first kappa shape index (κ1) is 16.9. The molecule has 2 rings (SSSR count). The molecule has 4 nitrogen and oxygen atoms in total. The molecule has 0 radical (unpaired) electrons. The Kier molecular flexibility index (Phi) is 5.14. The van der Waals surface area contributed by atoms with Gasteiger partial charge in [-0.1, -0.05) is 18.2 Å². The number of benzene rings is 1. The van der Waals surface area contributed by atoms with Crippen LogP contribution >= 0.6 is 19.3 Å². The molecule has 1 aromatic carbocycles. The van der Waals surface area contributed by atoms with Crippen molar-refractivity contribution in [3.05, 3.63) is 34.2 Å². The Labute approximate surface area is 132 Å². The summed E-state index contributed by atoms with van der Waals surface area (Å²) in [4.78, 5) is 13.0. The highest BCUT2D eigenvalue weighted by Crippen LogP contribution is 2.37. The van der Waals surface area contributed by atoms with Gasteiger partial charge in [0.25, 0.3) is 0 Å². The van der Waals surface area contributed by atoms with Crippen LogP contribution in [0.5, 0.6) is 0 Å². The summed E-state index contributed by atoms with van der Waals surface area (Å²) in [7, 11) is -0.264. The first-order valence-electron chi connectivity index (χ1n) is 6.91. The van der Waals surface area contributed by atoms with Crippen LogP contribution in [-0.4, -0.2) is 18.3 Å². The molecule has 1 fully saturated rings. The lowest BCUT2D eigenvalue weighted by Crippen LogP contribution is -2.41. The monoisotopic (exact) mass is 325 g/mol. The molecule has 1 unspecified atom stereocenters. The lowest BCUT2D eigenvalue weighted by molar-refractivity contribution is 0.00578. The minimum atomic E-state index is -0.325. The van der Waals surface area contributed by atoms with Gasteiger partial charge in [-0.3, -0.25) is 0 Å². The van der Waals surface area contributed by atoms with Crippen molar-refractivity contribution in [3.8, 4) is 0 Å². The number of hydrogen-bond acceptors (Lipinski definition) is 5. The van der Waals surface area contributed by atoms with Gasteiger partial charge in [0.1, 0.15) is 7.93 Å². The van der Waals surface area contributed by atoms with E-state index in [1.165, 1.54) is 11.1 Å². The van der Waals surface area contributed by atoms with E-state index in [0.29, 0.717) is 0 Å². The van der Waals surface area contributed by atoms with E-state index in [1.54, 1.807) is 11.4 Å². The summed E-state index contributed by atoms with van der Waals surface area (Å²) in [5, 5.41) is 0. The predicted molar refractivity (Wildman–Crippen MR) is 92.3 cm³/mol. The summed E-state index contributed by atoms with van der Waals surface area (Å²) in [6, 6.07) is 6.23. The highest BCUT2D eigenvalue weighted by Gasteiger charge is 2.51. The Morgan fingerprint density at radius 3 is 2.38 bits per heavy atom. The van der Waals surface area contributed by atoms with Crippen molar-refractivity contribution >= 4 is 31.9 Å². The molecule has 1 atom stereocenters. The van der Waals surface area contributed by atoms with Crippen LogP contribution in [0, 0.1) is 11.8 Å². The molecule has 1 aliphatic rings. The molecule has 0 aliphatic carbocycles. The molecule has 7 heteroatoms. The lowest BCUT2D eigenvalue weighted by Gasteiger charge is -2.32. The third-order valence-corrected chi connectivity index (χ3v) is 5.92. The fourth-order valence-electron chi connectivity index (χ4n) is 2.14. The second-order valence-electron chi connectivity index (χ2n) is 6.25. The Bertz CT molecular complexity index is 523. The van der Waals surface area contributed by atoms with Gasteiger partial charge in [0, 0.05) is 5.75 Å². The molecule has 1 heterocycles. The van der Waals surface area contributed by atoms with Gasteiger partial charge in [0.2, 0.25) is 0 Å². The van der Waals surface area contributed by atoms with E-state index >= 15 is 0 Å². The van der Waals surface area contributed by atoms with Gasteiger partial charge in [0.05, 0.1) is 11.2 Å². The van der Waals surface area contributed by atoms with Crippen molar-refractivity contribution in [2.75, 3.05) is 0 Å². The molecule has 0 spiro atoms. The summed E-state index contributed by atoms with van der Waals surface area (Å²) < 4.78 is 12.1. The molecule has 1 aromatic rings. The maximum Gasteiger partial charge on any atom is 0.494 e. The first-order valence-corrected chi connectivity index (χ1v) is 9.57. The van der Waals surface area contributed by atoms with Gasteiger partial charge >= 0.3 is 7.12 Å². The summed E-state index contributed by atoms with van der Waals surface area (Å²) in [5.41, 5.74) is 2.80. The van der Waals surface area contributed by atoms with Crippen LogP contribution in [-0.2, 0) is 15.1 Å². The number of rotatable bonds is 5. The summed E-state index contributed by atoms with van der Waals surface area (Å²) in [5.74, 6) is 0.805. The van der Waals surface area contributed by atoms with E-state index in [-0.39, 0.29) is 26.3 Å². The molecule has 0 saturated carbocycles. The van der Waals surface area contributed by atoms with Crippen LogP contribution in [0.4, 0.5) is 0 Å². The van der Waals surface area contributed by atoms with Crippen LogP contribution in [0.15, 0.2) is 23.1 Å². The fraction of sp³-hybridized carbons (Fsp3) is 0.571. The van der Waals surface area contributed by atoms with Gasteiger partial charge in [-0.2, -0.15) is 0 Å². The number of aryl methyl sites for hydroxylation is 1. The third kappa shape index (κ3) is 3.68. The van der Waals surface area contributed by atoms with E-state index < -0.39 is 0 Å². The van der Waals surface area contributed by atoms with Crippen LogP contribution in [0.25, 0.3) is 0 Å². The van der Waals surface area contributed by atoms with Crippen molar-refractivity contribution in [1.29, 1.82) is 0 Å². The lowest BCUT2D eigenvalue weighted by atomic mass is 9.78. The van der Waals surface area contributed by atoms with E-state index in [4.69, 9.17) is 9.31 Å². The SMILES string of the molecule is Cc1cc(B2OC(C)(C)C(C)(C)O2)ccc1CSPN=O. The molecule has 1 aliphatic heterocycles. The van der Waals surface area contributed by atoms with Crippen molar-refractivity contribution < 1.29 is 9.31 Å². The average molecular weight is 325 g/mol. The summed E-state index contributed by atoms with van der Waals surface area (Å²) >= 11 is 1.54. The molecule has 114 valence electrons. The molecular weight excluding hydrogens is 304 g/mol. The van der Waals surface area contributed by atoms with Crippen molar-refractivity contribution in [1.82, 2.24) is 0 Å². The smallest absolute Gasteiger partial charge is 0.399 e. The highest BCUT2D eigenvalue weighted by molar-refractivity contribution is 8.48. The largest absolute Gasteiger partial charge is 0.494 e. The molecule has 21 heavy (non-hydrogen) atoms. The van der Waals surface area contributed by atoms with Crippen LogP contribution in [0.1, 0.15) is 38.8 Å². The quantitative estimate of drug-likeness (QED) is 0.357. The van der Waals surface area contributed by atoms with Crippen LogP contribution < -0.4 is 5.46 Å². The van der Waals surface area contributed by atoms with Crippen LogP contribution in [0.2, 0.25) is 0 Å². The topological polar surface area (TPSA) is 47.9 Å². The molecule has 0 bridgehead atoms. The Morgan fingerprint density at radius 1 is 1.24 bits per heavy atom. The number of nitroso groups, excluding NO2 is 1. The minimum absolute atomic E-state index is 0.0610. The van der Waals surface area contributed by atoms with E-state index in [2.05, 4.69) is 51.7 Å². The van der Waals surface area contributed by atoms with Crippen LogP contribution in [0.3, 0.4) is 0 Å². The standard InChI is InChI=1S/C14H21BNO3PS/c1-10-8-12(7-6-11(10)9-21-20-16-17)15-18-13(2,3)14(4,5)19-15/h6-8,20H,9H2,1-5H3. The molecule has 0 N–H and O–H groups in total. The summed E-state index contributed by atoms with van der Waals surface area (Å²) in [6.07, 6.45) is 0. The molecular formula is C14H21BNO3PS. The van der Waals surface area contributed by atoms with Crippen molar-refractivity contribution in [2.24, 2.45) is 4.95 Å². The second kappa shape index (κ2) is 6.37. The highest BCUT2D eigenvalue weighted by atomic mass is 32.7. The summed E-state index contributed by atoms with van der Waals surface area (Å²) in [6.45, 7) is 10.3. The zero-order valence-electron chi connectivity index (χ0n) is 13.1. The maximum absolute atomic E-state index is 10.1. The van der Waals surface area contributed by atoms with Gasteiger partial charge in [-0.15, -0.1) is 16.3 Å². The first-order chi connectivity index (χ1) is 9.77. The van der Waals surface area contributed by atoms with E-state index in [0.717, 1.165) is 11.2 Å². The number of hydrogen-bond donors (Lipinski definition) is 0. The normalized spacial score (nSPS) is 20.3. The Balaban J connectivity index is 2.12. The van der Waals surface area contributed by atoms with Gasteiger partial charge in [0.15, 0.2) is 0 Å². The maximum atomic E-state index is 10.1. The average Bonchev–Trinajstić information content (AvgIpc) is 2.60. The molecule has 0 aromatic heterocycles. The zero-order valence-corrected chi connectivity index (χ0v) is 14.9. The van der Waals surface area contributed by atoms with Gasteiger partial charge < -0.3 is 9.31 Å².